The molecule has 1 atom stereocenters. The Kier molecular flexibility index (Phi) is 7.92. The highest BCUT2D eigenvalue weighted by Gasteiger charge is 2.27. The van der Waals surface area contributed by atoms with Crippen LogP contribution in [0.4, 0.5) is 20.2 Å². The molecule has 0 aromatic heterocycles. The Morgan fingerprint density at radius 1 is 1.14 bits per heavy atom. The SMILES string of the molecule is CCCC(C)(N)C(=O)Nc1ccc(S(=O)(=O)Nc2ccc(F)cc2F)cc1.Cl. The fourth-order valence-corrected chi connectivity index (χ4v) is 3.47. The third-order valence-electron chi connectivity index (χ3n) is 3.89. The highest BCUT2D eigenvalue weighted by atomic mass is 35.5. The van der Waals surface area contributed by atoms with Gasteiger partial charge in [0.15, 0.2) is 0 Å². The van der Waals surface area contributed by atoms with Gasteiger partial charge < -0.3 is 11.1 Å². The topological polar surface area (TPSA) is 101 Å². The average Bonchev–Trinajstić information content (AvgIpc) is 2.58. The van der Waals surface area contributed by atoms with Gasteiger partial charge >= 0.3 is 0 Å². The Balaban J connectivity index is 0.00000392. The number of amides is 1. The van der Waals surface area contributed by atoms with Crippen molar-refractivity contribution in [2.24, 2.45) is 5.73 Å². The molecule has 1 amide bonds. The first-order valence-corrected chi connectivity index (χ1v) is 9.72. The second-order valence-corrected chi connectivity index (χ2v) is 8.06. The summed E-state index contributed by atoms with van der Waals surface area (Å²) in [6.07, 6.45) is 1.24. The van der Waals surface area contributed by atoms with E-state index in [0.29, 0.717) is 18.2 Å². The zero-order valence-corrected chi connectivity index (χ0v) is 17.0. The molecule has 0 spiro atoms. The maximum absolute atomic E-state index is 13.7. The normalized spacial score (nSPS) is 13.2. The zero-order valence-electron chi connectivity index (χ0n) is 15.3. The van der Waals surface area contributed by atoms with Gasteiger partial charge in [-0.15, -0.1) is 12.4 Å². The summed E-state index contributed by atoms with van der Waals surface area (Å²) in [6, 6.07) is 7.83. The molecule has 2 rings (SSSR count). The van der Waals surface area contributed by atoms with E-state index in [-0.39, 0.29) is 28.9 Å². The minimum atomic E-state index is -4.08. The van der Waals surface area contributed by atoms with Crippen LogP contribution in [0.1, 0.15) is 26.7 Å². The van der Waals surface area contributed by atoms with Gasteiger partial charge in [0, 0.05) is 11.8 Å². The number of carbonyl (C=O) groups excluding carboxylic acids is 1. The minimum Gasteiger partial charge on any atom is -0.325 e. The van der Waals surface area contributed by atoms with E-state index in [1.165, 1.54) is 24.3 Å². The third-order valence-corrected chi connectivity index (χ3v) is 5.27. The Morgan fingerprint density at radius 3 is 2.29 bits per heavy atom. The highest BCUT2D eigenvalue weighted by molar-refractivity contribution is 7.92. The van der Waals surface area contributed by atoms with Gasteiger partial charge in [-0.3, -0.25) is 9.52 Å². The number of halogens is 3. The number of nitrogens with two attached hydrogens (primary N) is 1. The molecule has 6 nitrogen and oxygen atoms in total. The molecule has 28 heavy (non-hydrogen) atoms. The number of carbonyl (C=O) groups is 1. The fourth-order valence-electron chi connectivity index (χ4n) is 2.40. The van der Waals surface area contributed by atoms with E-state index in [4.69, 9.17) is 5.73 Å². The molecular weight excluding hydrogens is 412 g/mol. The van der Waals surface area contributed by atoms with Crippen molar-refractivity contribution in [3.63, 3.8) is 0 Å². The van der Waals surface area contributed by atoms with Crippen LogP contribution in [0.3, 0.4) is 0 Å². The fraction of sp³-hybridized carbons (Fsp3) is 0.278. The summed E-state index contributed by atoms with van der Waals surface area (Å²) in [7, 11) is -4.08. The average molecular weight is 434 g/mol. The lowest BCUT2D eigenvalue weighted by atomic mass is 9.96. The van der Waals surface area contributed by atoms with Gasteiger partial charge in [0.25, 0.3) is 10.0 Å². The molecule has 0 bridgehead atoms. The molecule has 2 aromatic rings. The predicted molar refractivity (Wildman–Crippen MR) is 107 cm³/mol. The Labute approximate surface area is 169 Å². The van der Waals surface area contributed by atoms with Crippen LogP contribution >= 0.6 is 12.4 Å². The van der Waals surface area contributed by atoms with Crippen molar-refractivity contribution < 1.29 is 22.0 Å². The monoisotopic (exact) mass is 433 g/mol. The maximum atomic E-state index is 13.7. The molecule has 0 aliphatic carbocycles. The van der Waals surface area contributed by atoms with Crippen molar-refractivity contribution >= 4 is 39.7 Å². The largest absolute Gasteiger partial charge is 0.325 e. The van der Waals surface area contributed by atoms with Crippen molar-refractivity contribution in [1.82, 2.24) is 0 Å². The van der Waals surface area contributed by atoms with E-state index >= 15 is 0 Å². The van der Waals surface area contributed by atoms with Crippen LogP contribution in [0, 0.1) is 11.6 Å². The molecule has 0 aliphatic rings. The van der Waals surface area contributed by atoms with E-state index in [9.17, 15) is 22.0 Å². The van der Waals surface area contributed by atoms with Crippen LogP contribution in [0.2, 0.25) is 0 Å². The molecule has 0 saturated heterocycles. The number of anilines is 2. The summed E-state index contributed by atoms with van der Waals surface area (Å²) >= 11 is 0. The molecule has 0 saturated carbocycles. The molecule has 1 unspecified atom stereocenters. The van der Waals surface area contributed by atoms with Gasteiger partial charge in [0.05, 0.1) is 16.1 Å². The minimum absolute atomic E-state index is 0. The first-order chi connectivity index (χ1) is 12.5. The molecule has 10 heteroatoms. The first-order valence-electron chi connectivity index (χ1n) is 8.23. The van der Waals surface area contributed by atoms with Gasteiger partial charge in [-0.25, -0.2) is 17.2 Å². The summed E-state index contributed by atoms with van der Waals surface area (Å²) in [5.41, 5.74) is 4.91. The molecule has 0 heterocycles. The van der Waals surface area contributed by atoms with Gasteiger partial charge in [0.1, 0.15) is 11.6 Å². The van der Waals surface area contributed by atoms with Crippen LogP contribution in [-0.2, 0) is 14.8 Å². The number of rotatable bonds is 7. The Morgan fingerprint density at radius 2 is 1.75 bits per heavy atom. The quantitative estimate of drug-likeness (QED) is 0.620. The van der Waals surface area contributed by atoms with Gasteiger partial charge in [-0.1, -0.05) is 13.3 Å². The molecule has 0 radical (unpaired) electrons. The summed E-state index contributed by atoms with van der Waals surface area (Å²) < 4.78 is 53.3. The van der Waals surface area contributed by atoms with Crippen molar-refractivity contribution in [2.45, 2.75) is 37.1 Å². The molecule has 4 N–H and O–H groups in total. The van der Waals surface area contributed by atoms with E-state index in [1.807, 2.05) is 6.92 Å². The summed E-state index contributed by atoms with van der Waals surface area (Å²) in [5, 5.41) is 2.63. The third kappa shape index (κ3) is 5.88. The number of benzene rings is 2. The van der Waals surface area contributed by atoms with Crippen molar-refractivity contribution in [1.29, 1.82) is 0 Å². The Bertz CT molecular complexity index is 936. The first kappa shape index (κ1) is 23.8. The van der Waals surface area contributed by atoms with Crippen LogP contribution < -0.4 is 15.8 Å². The molecule has 0 fully saturated rings. The van der Waals surface area contributed by atoms with E-state index in [0.717, 1.165) is 18.6 Å². The smallest absolute Gasteiger partial charge is 0.261 e. The van der Waals surface area contributed by atoms with Gasteiger partial charge in [0.2, 0.25) is 5.91 Å². The summed E-state index contributed by atoms with van der Waals surface area (Å²) in [4.78, 5) is 12.0. The molecule has 0 aliphatic heterocycles. The summed E-state index contributed by atoms with van der Waals surface area (Å²) in [6.45, 7) is 3.53. The van der Waals surface area contributed by atoms with Crippen molar-refractivity contribution in [2.75, 3.05) is 10.0 Å². The molecule has 154 valence electrons. The highest BCUT2D eigenvalue weighted by Crippen LogP contribution is 2.22. The predicted octanol–water partition coefficient (Wildman–Crippen LogP) is 3.64. The lowest BCUT2D eigenvalue weighted by molar-refractivity contribution is -0.120. The second-order valence-electron chi connectivity index (χ2n) is 6.38. The van der Waals surface area contributed by atoms with Crippen LogP contribution in [0.15, 0.2) is 47.4 Å². The Hall–Kier alpha value is -2.23. The van der Waals surface area contributed by atoms with Crippen LogP contribution in [-0.4, -0.2) is 19.9 Å². The standard InChI is InChI=1S/C18H21F2N3O3S.ClH/c1-3-10-18(2,21)17(24)22-13-5-7-14(8-6-13)27(25,26)23-16-9-4-12(19)11-15(16)20;/h4-9,11,23H,3,10,21H2,1-2H3,(H,22,24);1H. The number of sulfonamides is 1. The number of nitrogens with one attached hydrogen (secondary N) is 2. The van der Waals surface area contributed by atoms with E-state index in [2.05, 4.69) is 10.0 Å². The van der Waals surface area contributed by atoms with E-state index < -0.39 is 27.2 Å². The number of hydrogen-bond acceptors (Lipinski definition) is 4. The van der Waals surface area contributed by atoms with Gasteiger partial charge in [-0.2, -0.15) is 0 Å². The van der Waals surface area contributed by atoms with Gasteiger partial charge in [-0.05, 0) is 49.7 Å². The van der Waals surface area contributed by atoms with E-state index in [1.54, 1.807) is 6.92 Å². The van der Waals surface area contributed by atoms with Crippen LogP contribution in [0.25, 0.3) is 0 Å². The lowest BCUT2D eigenvalue weighted by Crippen LogP contribution is -2.48. The molecular formula is C18H22ClF2N3O3S. The lowest BCUT2D eigenvalue weighted by Gasteiger charge is -2.22. The van der Waals surface area contributed by atoms with Crippen LogP contribution in [0.5, 0.6) is 0 Å². The van der Waals surface area contributed by atoms with Crippen molar-refractivity contribution in [3.8, 4) is 0 Å². The maximum Gasteiger partial charge on any atom is 0.261 e. The summed E-state index contributed by atoms with van der Waals surface area (Å²) in [5.74, 6) is -2.22. The second kappa shape index (κ2) is 9.31. The van der Waals surface area contributed by atoms with Crippen molar-refractivity contribution in [3.05, 3.63) is 54.1 Å². The zero-order chi connectivity index (χ0) is 20.2. The molecule has 2 aromatic carbocycles. The number of hydrogen-bond donors (Lipinski definition) is 3.